The first kappa shape index (κ1) is 13.4. The fourth-order valence-corrected chi connectivity index (χ4v) is 2.24. The first-order valence-electron chi connectivity index (χ1n) is 6.63. The van der Waals surface area contributed by atoms with Gasteiger partial charge in [0.25, 0.3) is 5.91 Å². The molecule has 0 saturated carbocycles. The van der Waals surface area contributed by atoms with Crippen LogP contribution in [0.4, 0.5) is 5.82 Å². The maximum atomic E-state index is 12.4. The van der Waals surface area contributed by atoms with Crippen LogP contribution in [0.1, 0.15) is 22.3 Å². The number of amides is 1. The van der Waals surface area contributed by atoms with Gasteiger partial charge in [0.1, 0.15) is 23.9 Å². The van der Waals surface area contributed by atoms with E-state index >= 15 is 0 Å². The SMILES string of the molecule is Nc1cccc([C@H]2CN(C(=O)c3ccncn3)CCO2)n1. The molecule has 3 heterocycles. The third-order valence-corrected chi connectivity index (χ3v) is 3.28. The van der Waals surface area contributed by atoms with Crippen LogP contribution in [0.3, 0.4) is 0 Å². The van der Waals surface area contributed by atoms with Gasteiger partial charge in [-0.1, -0.05) is 6.07 Å². The number of pyridine rings is 1. The highest BCUT2D eigenvalue weighted by molar-refractivity contribution is 5.92. The number of carbonyl (C=O) groups is 1. The van der Waals surface area contributed by atoms with Crippen molar-refractivity contribution in [2.75, 3.05) is 25.4 Å². The quantitative estimate of drug-likeness (QED) is 0.871. The molecule has 0 aliphatic carbocycles. The molecular formula is C14H15N5O2. The number of rotatable bonds is 2. The van der Waals surface area contributed by atoms with E-state index in [4.69, 9.17) is 10.5 Å². The molecule has 2 aromatic rings. The summed E-state index contributed by atoms with van der Waals surface area (Å²) in [5.74, 6) is 0.310. The number of nitrogen functional groups attached to an aromatic ring is 1. The van der Waals surface area contributed by atoms with Gasteiger partial charge in [0.05, 0.1) is 18.8 Å². The van der Waals surface area contributed by atoms with E-state index in [0.717, 1.165) is 5.69 Å². The van der Waals surface area contributed by atoms with Gasteiger partial charge in [-0.15, -0.1) is 0 Å². The first-order valence-corrected chi connectivity index (χ1v) is 6.63. The Labute approximate surface area is 121 Å². The topological polar surface area (TPSA) is 94.2 Å². The summed E-state index contributed by atoms with van der Waals surface area (Å²) in [5.41, 5.74) is 6.80. The predicted octanol–water partition coefficient (Wildman–Crippen LogP) is 0.667. The Morgan fingerprint density at radius 2 is 2.29 bits per heavy atom. The summed E-state index contributed by atoms with van der Waals surface area (Å²) in [7, 11) is 0. The number of hydrogen-bond acceptors (Lipinski definition) is 6. The molecule has 1 aliphatic heterocycles. The van der Waals surface area contributed by atoms with Crippen molar-refractivity contribution in [2.45, 2.75) is 6.10 Å². The highest BCUT2D eigenvalue weighted by Gasteiger charge is 2.27. The Kier molecular flexibility index (Phi) is 3.74. The smallest absolute Gasteiger partial charge is 0.272 e. The summed E-state index contributed by atoms with van der Waals surface area (Å²) in [4.78, 5) is 26.1. The number of carbonyl (C=O) groups excluding carboxylic acids is 1. The van der Waals surface area contributed by atoms with Crippen LogP contribution in [0.15, 0.2) is 36.8 Å². The molecule has 1 aliphatic rings. The van der Waals surface area contributed by atoms with Crippen molar-refractivity contribution in [1.29, 1.82) is 0 Å². The second kappa shape index (κ2) is 5.84. The zero-order valence-corrected chi connectivity index (χ0v) is 11.3. The normalized spacial score (nSPS) is 18.5. The molecule has 0 radical (unpaired) electrons. The van der Waals surface area contributed by atoms with E-state index in [2.05, 4.69) is 15.0 Å². The maximum absolute atomic E-state index is 12.4. The van der Waals surface area contributed by atoms with Crippen molar-refractivity contribution < 1.29 is 9.53 Å². The molecule has 1 amide bonds. The lowest BCUT2D eigenvalue weighted by atomic mass is 10.1. The van der Waals surface area contributed by atoms with E-state index in [1.54, 1.807) is 23.2 Å². The largest absolute Gasteiger partial charge is 0.384 e. The molecule has 3 rings (SSSR count). The maximum Gasteiger partial charge on any atom is 0.272 e. The molecule has 108 valence electrons. The zero-order valence-electron chi connectivity index (χ0n) is 11.3. The van der Waals surface area contributed by atoms with Crippen molar-refractivity contribution >= 4 is 11.7 Å². The molecule has 21 heavy (non-hydrogen) atoms. The van der Waals surface area contributed by atoms with E-state index in [-0.39, 0.29) is 12.0 Å². The first-order chi connectivity index (χ1) is 10.2. The molecule has 1 atom stereocenters. The van der Waals surface area contributed by atoms with Crippen LogP contribution < -0.4 is 5.73 Å². The van der Waals surface area contributed by atoms with Gasteiger partial charge < -0.3 is 15.4 Å². The fraction of sp³-hybridized carbons (Fsp3) is 0.286. The number of ether oxygens (including phenoxy) is 1. The van der Waals surface area contributed by atoms with Crippen LogP contribution in [0.2, 0.25) is 0 Å². The van der Waals surface area contributed by atoms with Gasteiger partial charge in [0.15, 0.2) is 0 Å². The second-order valence-electron chi connectivity index (χ2n) is 4.69. The molecule has 1 saturated heterocycles. The standard InChI is InChI=1S/C14H15N5O2/c15-13-3-1-2-10(18-13)12-8-19(6-7-21-12)14(20)11-4-5-16-9-17-11/h1-5,9,12H,6-8H2,(H2,15,18)/t12-/m1/s1. The van der Waals surface area contributed by atoms with Gasteiger partial charge >= 0.3 is 0 Å². The van der Waals surface area contributed by atoms with Crippen LogP contribution >= 0.6 is 0 Å². The number of anilines is 1. The van der Waals surface area contributed by atoms with Gasteiger partial charge in [0, 0.05) is 12.7 Å². The van der Waals surface area contributed by atoms with Crippen molar-refractivity contribution in [3.63, 3.8) is 0 Å². The summed E-state index contributed by atoms with van der Waals surface area (Å²) in [6, 6.07) is 6.99. The van der Waals surface area contributed by atoms with Gasteiger partial charge in [-0.2, -0.15) is 0 Å². The number of morpholine rings is 1. The molecule has 0 bridgehead atoms. The molecular weight excluding hydrogens is 270 g/mol. The van der Waals surface area contributed by atoms with Crippen LogP contribution in [-0.2, 0) is 4.74 Å². The van der Waals surface area contributed by atoms with Crippen LogP contribution in [0.5, 0.6) is 0 Å². The van der Waals surface area contributed by atoms with E-state index < -0.39 is 0 Å². The van der Waals surface area contributed by atoms with Crippen LogP contribution in [0, 0.1) is 0 Å². The summed E-state index contributed by atoms with van der Waals surface area (Å²) in [6.45, 7) is 1.42. The van der Waals surface area contributed by atoms with Gasteiger partial charge in [-0.3, -0.25) is 4.79 Å². The van der Waals surface area contributed by atoms with Crippen LogP contribution in [-0.4, -0.2) is 45.5 Å². The van der Waals surface area contributed by atoms with E-state index in [9.17, 15) is 4.79 Å². The van der Waals surface area contributed by atoms with Crippen molar-refractivity contribution in [3.8, 4) is 0 Å². The third-order valence-electron chi connectivity index (χ3n) is 3.28. The van der Waals surface area contributed by atoms with Gasteiger partial charge in [-0.25, -0.2) is 15.0 Å². The lowest BCUT2D eigenvalue weighted by molar-refractivity contribution is -0.0248. The molecule has 0 unspecified atom stereocenters. The Bertz CT molecular complexity index is 634. The fourth-order valence-electron chi connectivity index (χ4n) is 2.24. The molecule has 0 aromatic carbocycles. The Morgan fingerprint density at radius 1 is 1.38 bits per heavy atom. The predicted molar refractivity (Wildman–Crippen MR) is 75.3 cm³/mol. The number of aromatic nitrogens is 3. The van der Waals surface area contributed by atoms with Gasteiger partial charge in [0.2, 0.25) is 0 Å². The monoisotopic (exact) mass is 285 g/mol. The minimum Gasteiger partial charge on any atom is -0.384 e. The Hall–Kier alpha value is -2.54. The van der Waals surface area contributed by atoms with Crippen molar-refractivity contribution in [2.24, 2.45) is 0 Å². The zero-order chi connectivity index (χ0) is 14.7. The van der Waals surface area contributed by atoms with Crippen LogP contribution in [0.25, 0.3) is 0 Å². The molecule has 0 spiro atoms. The summed E-state index contributed by atoms with van der Waals surface area (Å²) in [6.07, 6.45) is 2.65. The molecule has 7 heteroatoms. The Balaban J connectivity index is 1.75. The number of hydrogen-bond donors (Lipinski definition) is 1. The molecule has 2 N–H and O–H groups in total. The number of nitrogens with zero attached hydrogens (tertiary/aromatic N) is 4. The minimum atomic E-state index is -0.270. The lowest BCUT2D eigenvalue weighted by Gasteiger charge is -2.32. The minimum absolute atomic E-state index is 0.130. The highest BCUT2D eigenvalue weighted by atomic mass is 16.5. The molecule has 2 aromatic heterocycles. The van der Waals surface area contributed by atoms with Crippen molar-refractivity contribution in [1.82, 2.24) is 19.9 Å². The second-order valence-corrected chi connectivity index (χ2v) is 4.69. The average molecular weight is 285 g/mol. The third kappa shape index (κ3) is 2.97. The van der Waals surface area contributed by atoms with E-state index in [1.165, 1.54) is 6.33 Å². The van der Waals surface area contributed by atoms with Crippen molar-refractivity contribution in [3.05, 3.63) is 48.2 Å². The Morgan fingerprint density at radius 3 is 3.05 bits per heavy atom. The lowest BCUT2D eigenvalue weighted by Crippen LogP contribution is -2.42. The molecule has 1 fully saturated rings. The molecule has 7 nitrogen and oxygen atoms in total. The number of nitrogens with two attached hydrogens (primary N) is 1. The summed E-state index contributed by atoms with van der Waals surface area (Å²) in [5, 5.41) is 0. The van der Waals surface area contributed by atoms with E-state index in [1.807, 2.05) is 12.1 Å². The average Bonchev–Trinajstić information content (AvgIpc) is 2.55. The van der Waals surface area contributed by atoms with Gasteiger partial charge in [-0.05, 0) is 18.2 Å². The summed E-state index contributed by atoms with van der Waals surface area (Å²) < 4.78 is 5.69. The van der Waals surface area contributed by atoms with E-state index in [0.29, 0.717) is 31.2 Å². The highest BCUT2D eigenvalue weighted by Crippen LogP contribution is 2.22. The summed E-state index contributed by atoms with van der Waals surface area (Å²) >= 11 is 0.